The molecular formula is C15H19ClN2. The van der Waals surface area contributed by atoms with Crippen molar-refractivity contribution >= 4 is 22.5 Å². The van der Waals surface area contributed by atoms with Crippen molar-refractivity contribution in [1.29, 1.82) is 0 Å². The van der Waals surface area contributed by atoms with E-state index < -0.39 is 0 Å². The lowest BCUT2D eigenvalue weighted by Gasteiger charge is -2.12. The second kappa shape index (κ2) is 4.94. The van der Waals surface area contributed by atoms with Gasteiger partial charge in [-0.05, 0) is 37.0 Å². The average Bonchev–Trinajstić information content (AvgIpc) is 3.06. The highest BCUT2D eigenvalue weighted by atomic mass is 35.5. The summed E-state index contributed by atoms with van der Waals surface area (Å²) >= 11 is 5.98. The van der Waals surface area contributed by atoms with Crippen LogP contribution in [0.25, 0.3) is 10.9 Å². The van der Waals surface area contributed by atoms with Crippen LogP contribution in [-0.2, 0) is 6.54 Å². The number of hydrogen-bond acceptors (Lipinski definition) is 1. The second-order valence-corrected chi connectivity index (χ2v) is 5.90. The van der Waals surface area contributed by atoms with E-state index in [2.05, 4.69) is 29.5 Å². The molecule has 1 aliphatic rings. The maximum absolute atomic E-state index is 5.98. The second-order valence-electron chi connectivity index (χ2n) is 5.46. The summed E-state index contributed by atoms with van der Waals surface area (Å²) in [4.78, 5) is 3.28. The van der Waals surface area contributed by atoms with Crippen molar-refractivity contribution in [2.45, 2.75) is 38.8 Å². The third-order valence-electron chi connectivity index (χ3n) is 3.75. The molecule has 1 fully saturated rings. The molecule has 96 valence electrons. The Labute approximate surface area is 113 Å². The van der Waals surface area contributed by atoms with Crippen LogP contribution in [0.3, 0.4) is 0 Å². The molecule has 1 saturated carbocycles. The van der Waals surface area contributed by atoms with Crippen LogP contribution in [0, 0.1) is 5.92 Å². The quantitative estimate of drug-likeness (QED) is 0.834. The molecule has 1 aromatic carbocycles. The van der Waals surface area contributed by atoms with Crippen molar-refractivity contribution in [2.24, 2.45) is 5.92 Å². The number of aromatic nitrogens is 1. The Morgan fingerprint density at radius 3 is 3.06 bits per heavy atom. The van der Waals surface area contributed by atoms with E-state index in [9.17, 15) is 0 Å². The number of rotatable bonds is 5. The van der Waals surface area contributed by atoms with E-state index in [1.165, 1.54) is 30.2 Å². The lowest BCUT2D eigenvalue weighted by atomic mass is 10.1. The van der Waals surface area contributed by atoms with E-state index in [1.807, 2.05) is 12.1 Å². The van der Waals surface area contributed by atoms with Crippen molar-refractivity contribution < 1.29 is 0 Å². The number of fused-ring (bicyclic) bond motifs is 1. The lowest BCUT2D eigenvalue weighted by Crippen LogP contribution is -2.25. The van der Waals surface area contributed by atoms with Crippen LogP contribution >= 0.6 is 11.6 Å². The normalized spacial score (nSPS) is 17.2. The Balaban J connectivity index is 1.66. The molecule has 2 N–H and O–H groups in total. The molecule has 3 rings (SSSR count). The summed E-state index contributed by atoms with van der Waals surface area (Å²) in [5.74, 6) is 0.981. The maximum atomic E-state index is 5.98. The zero-order valence-electron chi connectivity index (χ0n) is 10.7. The third kappa shape index (κ3) is 2.70. The third-order valence-corrected chi connectivity index (χ3v) is 3.99. The Kier molecular flexibility index (Phi) is 3.31. The zero-order chi connectivity index (χ0) is 12.5. The standard InChI is InChI=1S/C15H19ClN2/c1-10(6-11-2-3-11)17-8-12-9-18-15-7-13(16)4-5-14(12)15/h4-5,7,9-11,17-18H,2-3,6,8H2,1H3. The van der Waals surface area contributed by atoms with Gasteiger partial charge < -0.3 is 10.3 Å². The van der Waals surface area contributed by atoms with Gasteiger partial charge in [0, 0.05) is 34.7 Å². The van der Waals surface area contributed by atoms with Gasteiger partial charge in [0.1, 0.15) is 0 Å². The van der Waals surface area contributed by atoms with Crippen molar-refractivity contribution in [2.75, 3.05) is 0 Å². The van der Waals surface area contributed by atoms with Crippen LogP contribution in [0.5, 0.6) is 0 Å². The molecule has 1 heterocycles. The first-order valence-electron chi connectivity index (χ1n) is 6.71. The maximum Gasteiger partial charge on any atom is 0.0472 e. The topological polar surface area (TPSA) is 27.8 Å². The van der Waals surface area contributed by atoms with Gasteiger partial charge in [-0.15, -0.1) is 0 Å². The number of hydrogen-bond donors (Lipinski definition) is 2. The highest BCUT2D eigenvalue weighted by Crippen LogP contribution is 2.33. The van der Waals surface area contributed by atoms with Crippen molar-refractivity contribution in [3.8, 4) is 0 Å². The van der Waals surface area contributed by atoms with Crippen molar-refractivity contribution in [3.05, 3.63) is 35.0 Å². The van der Waals surface area contributed by atoms with Gasteiger partial charge in [0.15, 0.2) is 0 Å². The average molecular weight is 263 g/mol. The first-order valence-corrected chi connectivity index (χ1v) is 7.09. The van der Waals surface area contributed by atoms with Gasteiger partial charge in [-0.2, -0.15) is 0 Å². The number of benzene rings is 1. The number of nitrogens with one attached hydrogen (secondary N) is 2. The van der Waals surface area contributed by atoms with Crippen LogP contribution in [0.15, 0.2) is 24.4 Å². The largest absolute Gasteiger partial charge is 0.361 e. The molecule has 0 spiro atoms. The minimum atomic E-state index is 0.606. The van der Waals surface area contributed by atoms with E-state index in [1.54, 1.807) is 0 Å². The summed E-state index contributed by atoms with van der Waals surface area (Å²) in [5.41, 5.74) is 2.44. The molecule has 1 aromatic heterocycles. The van der Waals surface area contributed by atoms with Gasteiger partial charge >= 0.3 is 0 Å². The van der Waals surface area contributed by atoms with Gasteiger partial charge in [0.05, 0.1) is 0 Å². The lowest BCUT2D eigenvalue weighted by molar-refractivity contribution is 0.488. The van der Waals surface area contributed by atoms with Crippen molar-refractivity contribution in [1.82, 2.24) is 10.3 Å². The number of aromatic amines is 1. The van der Waals surface area contributed by atoms with Gasteiger partial charge in [-0.1, -0.05) is 30.5 Å². The van der Waals surface area contributed by atoms with Crippen LogP contribution < -0.4 is 5.32 Å². The summed E-state index contributed by atoms with van der Waals surface area (Å²) in [5, 5.41) is 5.66. The molecule has 1 aliphatic carbocycles. The van der Waals surface area contributed by atoms with E-state index >= 15 is 0 Å². The molecular weight excluding hydrogens is 244 g/mol. The highest BCUT2D eigenvalue weighted by Gasteiger charge is 2.23. The van der Waals surface area contributed by atoms with Gasteiger partial charge in [-0.25, -0.2) is 0 Å². The molecule has 0 saturated heterocycles. The van der Waals surface area contributed by atoms with Gasteiger partial charge in [0.25, 0.3) is 0 Å². The van der Waals surface area contributed by atoms with Crippen LogP contribution in [0.2, 0.25) is 5.02 Å². The minimum Gasteiger partial charge on any atom is -0.361 e. The molecule has 3 heteroatoms. The Bertz CT molecular complexity index is 542. The molecule has 18 heavy (non-hydrogen) atoms. The molecule has 0 amide bonds. The SMILES string of the molecule is CC(CC1CC1)NCc1c[nH]c2cc(Cl)ccc12. The van der Waals surface area contributed by atoms with E-state index in [0.717, 1.165) is 23.0 Å². The summed E-state index contributed by atoms with van der Waals surface area (Å²) in [6, 6.07) is 6.63. The Morgan fingerprint density at radius 2 is 2.28 bits per heavy atom. The molecule has 0 radical (unpaired) electrons. The summed E-state index contributed by atoms with van der Waals surface area (Å²) in [6.45, 7) is 3.21. The van der Waals surface area contributed by atoms with Crippen LogP contribution in [-0.4, -0.2) is 11.0 Å². The minimum absolute atomic E-state index is 0.606. The summed E-state index contributed by atoms with van der Waals surface area (Å²) in [6.07, 6.45) is 6.25. The van der Waals surface area contributed by atoms with Crippen molar-refractivity contribution in [3.63, 3.8) is 0 Å². The van der Waals surface area contributed by atoms with Gasteiger partial charge in [-0.3, -0.25) is 0 Å². The molecule has 2 aromatic rings. The fourth-order valence-electron chi connectivity index (χ4n) is 2.53. The predicted molar refractivity (Wildman–Crippen MR) is 77.0 cm³/mol. The number of halogens is 1. The highest BCUT2D eigenvalue weighted by molar-refractivity contribution is 6.31. The molecule has 2 nitrogen and oxygen atoms in total. The first kappa shape index (κ1) is 12.1. The van der Waals surface area contributed by atoms with E-state index in [0.29, 0.717) is 6.04 Å². The fraction of sp³-hybridized carbons (Fsp3) is 0.467. The predicted octanol–water partition coefficient (Wildman–Crippen LogP) is 4.10. The molecule has 1 unspecified atom stereocenters. The van der Waals surface area contributed by atoms with Gasteiger partial charge in [0.2, 0.25) is 0 Å². The Morgan fingerprint density at radius 1 is 1.44 bits per heavy atom. The van der Waals surface area contributed by atoms with E-state index in [4.69, 9.17) is 11.6 Å². The smallest absolute Gasteiger partial charge is 0.0472 e. The molecule has 0 bridgehead atoms. The molecule has 1 atom stereocenters. The Hall–Kier alpha value is -0.990. The monoisotopic (exact) mass is 262 g/mol. The molecule has 0 aliphatic heterocycles. The first-order chi connectivity index (χ1) is 8.72. The summed E-state index contributed by atoms with van der Waals surface area (Å²) in [7, 11) is 0. The van der Waals surface area contributed by atoms with Crippen LogP contribution in [0.4, 0.5) is 0 Å². The summed E-state index contributed by atoms with van der Waals surface area (Å²) < 4.78 is 0. The van der Waals surface area contributed by atoms with Crippen LogP contribution in [0.1, 0.15) is 31.7 Å². The number of H-pyrrole nitrogens is 1. The zero-order valence-corrected chi connectivity index (χ0v) is 11.4. The fourth-order valence-corrected chi connectivity index (χ4v) is 2.70. The van der Waals surface area contributed by atoms with E-state index in [-0.39, 0.29) is 0 Å².